The topological polar surface area (TPSA) is 0 Å². The molecule has 0 nitrogen and oxygen atoms in total. The fraction of sp³-hybridized carbons (Fsp3) is 0. The maximum Gasteiger partial charge on any atom is 0.0636 e. The summed E-state index contributed by atoms with van der Waals surface area (Å²) in [5.41, 5.74) is -6.24. The highest BCUT2D eigenvalue weighted by Gasteiger charge is 2.16. The number of benzene rings is 10. The predicted octanol–water partition coefficient (Wildman–Crippen LogP) is 13.6. The van der Waals surface area contributed by atoms with Gasteiger partial charge in [-0.1, -0.05) is 169 Å². The first-order valence-electron chi connectivity index (χ1n) is 29.2. The maximum atomic E-state index is 9.68. The molecule has 10 aromatic carbocycles. The van der Waals surface area contributed by atoms with Gasteiger partial charge in [-0.3, -0.25) is 0 Å². The van der Waals surface area contributed by atoms with Gasteiger partial charge in [0.05, 0.1) is 41.1 Å². The minimum absolute atomic E-state index is 0.486. The fourth-order valence-corrected chi connectivity index (χ4v) is 5.62. The Morgan fingerprint density at radius 3 is 1.46 bits per heavy atom. The monoisotopic (exact) mass is 636 g/mol. The van der Waals surface area contributed by atoms with Gasteiger partial charge < -0.3 is 0 Å². The molecule has 0 amide bonds. The Balaban J connectivity index is 1.37. The zero-order valence-electron chi connectivity index (χ0n) is 54.0. The molecule has 0 heterocycles. The standard InChI is InChI=1S/C48H30/c1-2-9-37-29-39(22-15-31(37)7-1)38-11-5-12-40(30-38)44-26-24-36-21-20-35-23-25-43(45-27-28-46(44)48(36)47(35)45)34-18-16-33(17-19-34)42-14-6-10-32-8-3-4-13-41(32)42/h1-30H/i1D,2D,3D,4D,5D,6D,7D,8D,9D,10D,11D,12D,13D,14D,15D,16D,17D,18D,19D,20D,21D,22D,23D,24D,25D,26D,27D,28D,29D,30D. The fourth-order valence-electron chi connectivity index (χ4n) is 5.62. The average molecular weight is 637 g/mol. The second-order valence-electron chi connectivity index (χ2n) is 10.5. The first kappa shape index (κ1) is 10.6. The van der Waals surface area contributed by atoms with Crippen LogP contribution in [0.3, 0.4) is 0 Å². The molecule has 0 bridgehead atoms. The van der Waals surface area contributed by atoms with E-state index in [1.165, 1.54) is 0 Å². The zero-order valence-corrected chi connectivity index (χ0v) is 24.0. The van der Waals surface area contributed by atoms with Gasteiger partial charge in [0.2, 0.25) is 0 Å². The lowest BCUT2D eigenvalue weighted by Gasteiger charge is -2.17. The van der Waals surface area contributed by atoms with E-state index >= 15 is 0 Å². The van der Waals surface area contributed by atoms with Crippen LogP contribution in [0, 0.1) is 0 Å². The van der Waals surface area contributed by atoms with Crippen molar-refractivity contribution in [3.05, 3.63) is 181 Å². The molecule has 0 N–H and O–H groups in total. The van der Waals surface area contributed by atoms with Gasteiger partial charge in [-0.15, -0.1) is 0 Å². The second-order valence-corrected chi connectivity index (χ2v) is 10.5. The van der Waals surface area contributed by atoms with Crippen LogP contribution in [0.2, 0.25) is 0 Å². The molecule has 0 fully saturated rings. The number of rotatable bonds is 4. The molecular formula is C48H30. The molecule has 10 aromatic rings. The van der Waals surface area contributed by atoms with Crippen molar-refractivity contribution in [1.82, 2.24) is 0 Å². The molecule has 0 radical (unpaired) electrons. The highest BCUT2D eigenvalue weighted by molar-refractivity contribution is 6.27. The van der Waals surface area contributed by atoms with Gasteiger partial charge in [0.25, 0.3) is 0 Å². The van der Waals surface area contributed by atoms with Crippen molar-refractivity contribution in [3.8, 4) is 44.5 Å². The van der Waals surface area contributed by atoms with Crippen molar-refractivity contribution >= 4 is 53.9 Å². The van der Waals surface area contributed by atoms with E-state index in [4.69, 9.17) is 23.3 Å². The van der Waals surface area contributed by atoms with Crippen LogP contribution in [0.25, 0.3) is 98.4 Å². The van der Waals surface area contributed by atoms with E-state index in [0.29, 0.717) is 0 Å². The van der Waals surface area contributed by atoms with Gasteiger partial charge in [0.15, 0.2) is 0 Å². The average Bonchev–Trinajstić information content (AvgIpc) is 3.55. The summed E-state index contributed by atoms with van der Waals surface area (Å²) in [7, 11) is 0. The Hall–Kier alpha value is -6.24. The molecule has 0 saturated carbocycles. The Labute approximate surface area is 321 Å². The first-order chi connectivity index (χ1) is 36.3. The van der Waals surface area contributed by atoms with Crippen LogP contribution in [0.5, 0.6) is 0 Å². The number of hydrogen-bond donors (Lipinski definition) is 0. The Morgan fingerprint density at radius 2 is 0.729 bits per heavy atom. The first-order valence-corrected chi connectivity index (χ1v) is 14.2. The molecule has 10 rings (SSSR count). The van der Waals surface area contributed by atoms with Crippen LogP contribution >= 0.6 is 0 Å². The minimum Gasteiger partial charge on any atom is -0.0616 e. The zero-order chi connectivity index (χ0) is 57.7. The number of fused-ring (bicyclic) bond motifs is 2. The maximum absolute atomic E-state index is 9.68. The molecule has 0 atom stereocenters. The molecule has 0 heteroatoms. The van der Waals surface area contributed by atoms with Crippen molar-refractivity contribution in [2.24, 2.45) is 0 Å². The Morgan fingerprint density at radius 1 is 0.250 bits per heavy atom. The van der Waals surface area contributed by atoms with Crippen LogP contribution in [0.1, 0.15) is 41.1 Å². The molecule has 0 spiro atoms. The van der Waals surface area contributed by atoms with E-state index < -0.39 is 280 Å². The quantitative estimate of drug-likeness (QED) is 0.169. The highest BCUT2D eigenvalue weighted by atomic mass is 14.2. The Bertz CT molecular complexity index is 4500. The summed E-state index contributed by atoms with van der Waals surface area (Å²) < 4.78 is 270. The lowest BCUT2D eigenvalue weighted by atomic mass is 9.86. The smallest absolute Gasteiger partial charge is 0.0616 e. The summed E-state index contributed by atoms with van der Waals surface area (Å²) in [5, 5.41) is -5.74. The normalized spacial score (nSPS) is 20.5. The van der Waals surface area contributed by atoms with Gasteiger partial charge in [0.1, 0.15) is 0 Å². The van der Waals surface area contributed by atoms with Crippen molar-refractivity contribution in [1.29, 1.82) is 0 Å². The van der Waals surface area contributed by atoms with Gasteiger partial charge in [-0.2, -0.15) is 0 Å². The third-order valence-electron chi connectivity index (χ3n) is 7.81. The SMILES string of the molecule is [2H]c1c([2H])c(-c2c([2H])c([2H])c3c([2H])c([2H])c([2H])c([2H])c3c2[2H])c([2H])c(-c2c([2H])c([2H])c3c([2H])c([2H])c4c([2H])c([2H])c(-c5c([2H])c([2H])c(-c6c([2H])c([2H])c([2H])c7c([2H])c([2H])c([2H])c([2H])c67)c([2H])c5[2H])c5c([2H])c([2H])c2c3c45)c1[2H]. The van der Waals surface area contributed by atoms with Crippen molar-refractivity contribution < 1.29 is 41.1 Å². The summed E-state index contributed by atoms with van der Waals surface area (Å²) in [6, 6.07) is -27.6. The van der Waals surface area contributed by atoms with E-state index in [1.54, 1.807) is 0 Å². The third-order valence-corrected chi connectivity index (χ3v) is 7.81. The highest BCUT2D eigenvalue weighted by Crippen LogP contribution is 2.43. The molecule has 0 aliphatic carbocycles. The predicted molar refractivity (Wildman–Crippen MR) is 207 cm³/mol. The van der Waals surface area contributed by atoms with Gasteiger partial charge >= 0.3 is 0 Å². The van der Waals surface area contributed by atoms with Crippen molar-refractivity contribution in [3.63, 3.8) is 0 Å². The van der Waals surface area contributed by atoms with Crippen molar-refractivity contribution in [2.45, 2.75) is 0 Å². The summed E-state index contributed by atoms with van der Waals surface area (Å²) in [4.78, 5) is 0. The van der Waals surface area contributed by atoms with Crippen LogP contribution in [0.4, 0.5) is 0 Å². The van der Waals surface area contributed by atoms with E-state index in [9.17, 15) is 17.8 Å². The van der Waals surface area contributed by atoms with E-state index in [-0.39, 0.29) is 0 Å². The summed E-state index contributed by atoms with van der Waals surface area (Å²) in [6.45, 7) is 0. The van der Waals surface area contributed by atoms with Crippen LogP contribution < -0.4 is 0 Å². The largest absolute Gasteiger partial charge is 0.0636 e. The van der Waals surface area contributed by atoms with Gasteiger partial charge in [-0.25, -0.2) is 0 Å². The van der Waals surface area contributed by atoms with Crippen LogP contribution in [0.15, 0.2) is 181 Å². The summed E-state index contributed by atoms with van der Waals surface area (Å²) in [6.07, 6.45) is 0. The molecule has 0 aromatic heterocycles. The number of hydrogen-bond acceptors (Lipinski definition) is 0. The van der Waals surface area contributed by atoms with Gasteiger partial charge in [0, 0.05) is 0 Å². The molecule has 0 aliphatic rings. The molecule has 48 heavy (non-hydrogen) atoms. The van der Waals surface area contributed by atoms with Gasteiger partial charge in [-0.05, 0) is 110 Å². The summed E-state index contributed by atoms with van der Waals surface area (Å²) >= 11 is 0. The van der Waals surface area contributed by atoms with Crippen molar-refractivity contribution in [2.75, 3.05) is 0 Å². The lowest BCUT2D eigenvalue weighted by Crippen LogP contribution is -1.90. The van der Waals surface area contributed by atoms with E-state index in [0.717, 1.165) is 0 Å². The summed E-state index contributed by atoms with van der Waals surface area (Å²) in [5.74, 6) is 0. The lowest BCUT2D eigenvalue weighted by molar-refractivity contribution is 1.62. The molecule has 0 aliphatic heterocycles. The van der Waals surface area contributed by atoms with E-state index in [2.05, 4.69) is 0 Å². The minimum atomic E-state index is -1.05. The molecular weight excluding hydrogens is 577 g/mol. The van der Waals surface area contributed by atoms with Crippen LogP contribution in [-0.2, 0) is 0 Å². The Kier molecular flexibility index (Phi) is 2.36. The third kappa shape index (κ3) is 4.24. The van der Waals surface area contributed by atoms with E-state index in [1.807, 2.05) is 0 Å². The molecule has 222 valence electrons. The van der Waals surface area contributed by atoms with Crippen LogP contribution in [-0.4, -0.2) is 0 Å². The molecule has 0 unspecified atom stereocenters. The second kappa shape index (κ2) is 10.7. The molecule has 0 saturated heterocycles.